The number of aryl methyl sites for hydroxylation is 2. The molecule has 5 nitrogen and oxygen atoms in total. The fourth-order valence-corrected chi connectivity index (χ4v) is 2.71. The Balaban J connectivity index is 1.83. The predicted octanol–water partition coefficient (Wildman–Crippen LogP) is 2.43. The van der Waals surface area contributed by atoms with Crippen molar-refractivity contribution in [2.45, 2.75) is 19.4 Å². The minimum absolute atomic E-state index is 0.399. The zero-order chi connectivity index (χ0) is 15.0. The molecule has 3 rings (SSSR count). The van der Waals surface area contributed by atoms with Gasteiger partial charge in [0.2, 0.25) is 0 Å². The molecule has 0 saturated carbocycles. The van der Waals surface area contributed by atoms with Crippen LogP contribution in [0.5, 0.6) is 11.5 Å². The number of aliphatic hydroxyl groups excluding tert-OH is 1. The molecule has 6 heteroatoms. The number of rotatable bonds is 3. The summed E-state index contributed by atoms with van der Waals surface area (Å²) in [5.74, 6) is 1.39. The number of fused-ring (bicyclic) bond motifs is 1. The molecule has 1 unspecified atom stereocenters. The molecule has 1 atom stereocenters. The first-order chi connectivity index (χ1) is 10.1. The summed E-state index contributed by atoms with van der Waals surface area (Å²) in [6, 6.07) is 5.48. The van der Waals surface area contributed by atoms with E-state index >= 15 is 0 Å². The van der Waals surface area contributed by atoms with Gasteiger partial charge >= 0.3 is 0 Å². The number of aromatic nitrogens is 2. The molecule has 1 aromatic carbocycles. The monoisotopic (exact) mass is 308 g/mol. The fraction of sp³-hybridized carbons (Fsp3) is 0.400. The summed E-state index contributed by atoms with van der Waals surface area (Å²) in [5, 5.41) is 15.3. The maximum absolute atomic E-state index is 10.4. The molecule has 1 N–H and O–H groups in total. The second-order valence-corrected chi connectivity index (χ2v) is 5.47. The number of hydrogen-bond acceptors (Lipinski definition) is 4. The van der Waals surface area contributed by atoms with Crippen LogP contribution in [-0.4, -0.2) is 28.1 Å². The van der Waals surface area contributed by atoms with Crippen LogP contribution >= 0.6 is 11.6 Å². The zero-order valence-corrected chi connectivity index (χ0v) is 12.7. The maximum atomic E-state index is 10.4. The van der Waals surface area contributed by atoms with E-state index in [1.54, 1.807) is 4.68 Å². The molecule has 1 aromatic heterocycles. The largest absolute Gasteiger partial charge is 0.486 e. The molecule has 2 aromatic rings. The van der Waals surface area contributed by atoms with Crippen molar-refractivity contribution in [2.75, 3.05) is 13.2 Å². The van der Waals surface area contributed by atoms with Crippen molar-refractivity contribution in [3.8, 4) is 11.5 Å². The third-order valence-electron chi connectivity index (χ3n) is 3.60. The van der Waals surface area contributed by atoms with E-state index in [9.17, 15) is 5.11 Å². The van der Waals surface area contributed by atoms with E-state index in [2.05, 4.69) is 5.10 Å². The number of nitrogens with zero attached hydrogens (tertiary/aromatic N) is 2. The first kappa shape index (κ1) is 14.2. The molecule has 0 radical (unpaired) electrons. The summed E-state index contributed by atoms with van der Waals surface area (Å²) in [4.78, 5) is 0. The van der Waals surface area contributed by atoms with Crippen LogP contribution in [-0.2, 0) is 13.5 Å². The maximum Gasteiger partial charge on any atom is 0.161 e. The molecule has 2 heterocycles. The third kappa shape index (κ3) is 2.71. The molecule has 0 aliphatic carbocycles. The van der Waals surface area contributed by atoms with Gasteiger partial charge in [-0.3, -0.25) is 4.68 Å². The Morgan fingerprint density at radius 2 is 2.05 bits per heavy atom. The molecule has 0 amide bonds. The summed E-state index contributed by atoms with van der Waals surface area (Å²) >= 11 is 6.22. The average molecular weight is 309 g/mol. The molecule has 0 saturated heterocycles. The minimum Gasteiger partial charge on any atom is -0.486 e. The van der Waals surface area contributed by atoms with Crippen LogP contribution in [0, 0.1) is 6.92 Å². The Morgan fingerprint density at radius 1 is 1.33 bits per heavy atom. The van der Waals surface area contributed by atoms with Crippen molar-refractivity contribution in [1.82, 2.24) is 9.78 Å². The van der Waals surface area contributed by atoms with Crippen LogP contribution in [0.2, 0.25) is 5.02 Å². The standard InChI is InChI=1S/C15H17ClN2O3/c1-9-15(16)11(18(2)17-9)8-12(19)10-3-4-13-14(7-10)21-6-5-20-13/h3-4,7,12,19H,5-6,8H2,1-2H3. The van der Waals surface area contributed by atoms with E-state index < -0.39 is 6.10 Å². The molecule has 0 bridgehead atoms. The third-order valence-corrected chi connectivity index (χ3v) is 4.09. The van der Waals surface area contributed by atoms with Gasteiger partial charge in [0.25, 0.3) is 0 Å². The van der Waals surface area contributed by atoms with E-state index in [1.807, 2.05) is 32.2 Å². The normalized spacial score (nSPS) is 15.0. The van der Waals surface area contributed by atoms with Crippen LogP contribution in [0.15, 0.2) is 18.2 Å². The molecule has 1 aliphatic heterocycles. The van der Waals surface area contributed by atoms with Gasteiger partial charge in [-0.1, -0.05) is 17.7 Å². The lowest BCUT2D eigenvalue weighted by atomic mass is 10.0. The molecular weight excluding hydrogens is 292 g/mol. The van der Waals surface area contributed by atoms with Gasteiger partial charge in [0.1, 0.15) is 13.2 Å². The van der Waals surface area contributed by atoms with E-state index in [1.165, 1.54) is 0 Å². The number of hydrogen-bond donors (Lipinski definition) is 1. The molecule has 0 spiro atoms. The van der Waals surface area contributed by atoms with E-state index in [4.69, 9.17) is 21.1 Å². The lowest BCUT2D eigenvalue weighted by Crippen LogP contribution is -2.16. The van der Waals surface area contributed by atoms with E-state index in [0.29, 0.717) is 36.2 Å². The van der Waals surface area contributed by atoms with Crippen LogP contribution in [0.3, 0.4) is 0 Å². The minimum atomic E-state index is -0.673. The number of aliphatic hydroxyl groups is 1. The predicted molar refractivity (Wildman–Crippen MR) is 79.1 cm³/mol. The van der Waals surface area contributed by atoms with Crippen molar-refractivity contribution >= 4 is 11.6 Å². The lowest BCUT2D eigenvalue weighted by molar-refractivity contribution is 0.163. The lowest BCUT2D eigenvalue weighted by Gasteiger charge is -2.20. The second-order valence-electron chi connectivity index (χ2n) is 5.09. The van der Waals surface area contributed by atoms with Crippen LogP contribution in [0.4, 0.5) is 0 Å². The zero-order valence-electron chi connectivity index (χ0n) is 12.0. The van der Waals surface area contributed by atoms with Gasteiger partial charge in [-0.25, -0.2) is 0 Å². The molecular formula is C15H17ClN2O3. The van der Waals surface area contributed by atoms with Crippen molar-refractivity contribution < 1.29 is 14.6 Å². The van der Waals surface area contributed by atoms with Gasteiger partial charge in [-0.15, -0.1) is 0 Å². The van der Waals surface area contributed by atoms with Gasteiger partial charge in [-0.05, 0) is 24.6 Å². The Hall–Kier alpha value is -1.72. The first-order valence-electron chi connectivity index (χ1n) is 6.82. The van der Waals surface area contributed by atoms with Gasteiger partial charge in [0, 0.05) is 13.5 Å². The summed E-state index contributed by atoms with van der Waals surface area (Å²) in [6.45, 7) is 2.93. The summed E-state index contributed by atoms with van der Waals surface area (Å²) in [5.41, 5.74) is 2.36. The van der Waals surface area contributed by atoms with E-state index in [0.717, 1.165) is 17.0 Å². The van der Waals surface area contributed by atoms with Crippen molar-refractivity contribution in [3.05, 3.63) is 40.2 Å². The van der Waals surface area contributed by atoms with Crippen molar-refractivity contribution in [1.29, 1.82) is 0 Å². The van der Waals surface area contributed by atoms with Crippen molar-refractivity contribution in [3.63, 3.8) is 0 Å². The number of benzene rings is 1. The average Bonchev–Trinajstić information content (AvgIpc) is 2.73. The van der Waals surface area contributed by atoms with Gasteiger partial charge < -0.3 is 14.6 Å². The quantitative estimate of drug-likeness (QED) is 0.946. The highest BCUT2D eigenvalue weighted by molar-refractivity contribution is 6.31. The Labute approximate surface area is 128 Å². The van der Waals surface area contributed by atoms with Gasteiger partial charge in [-0.2, -0.15) is 5.10 Å². The number of ether oxygens (including phenoxy) is 2. The highest BCUT2D eigenvalue weighted by Crippen LogP contribution is 2.34. The smallest absolute Gasteiger partial charge is 0.161 e. The van der Waals surface area contributed by atoms with Crippen LogP contribution < -0.4 is 9.47 Å². The highest BCUT2D eigenvalue weighted by atomic mass is 35.5. The highest BCUT2D eigenvalue weighted by Gasteiger charge is 2.19. The topological polar surface area (TPSA) is 56.5 Å². The molecule has 0 fully saturated rings. The summed E-state index contributed by atoms with van der Waals surface area (Å²) in [7, 11) is 1.82. The van der Waals surface area contributed by atoms with E-state index in [-0.39, 0.29) is 0 Å². The Morgan fingerprint density at radius 3 is 2.71 bits per heavy atom. The van der Waals surface area contributed by atoms with Crippen LogP contribution in [0.1, 0.15) is 23.1 Å². The molecule has 21 heavy (non-hydrogen) atoms. The summed E-state index contributed by atoms with van der Waals surface area (Å²) in [6.07, 6.45) is -0.274. The first-order valence-corrected chi connectivity index (χ1v) is 7.19. The molecule has 1 aliphatic rings. The van der Waals surface area contributed by atoms with Crippen molar-refractivity contribution in [2.24, 2.45) is 7.05 Å². The SMILES string of the molecule is Cc1nn(C)c(CC(O)c2ccc3c(c2)OCCO3)c1Cl. The Kier molecular flexibility index (Phi) is 3.78. The van der Waals surface area contributed by atoms with Crippen LogP contribution in [0.25, 0.3) is 0 Å². The van der Waals surface area contributed by atoms with Gasteiger partial charge in [0.15, 0.2) is 11.5 Å². The second kappa shape index (κ2) is 5.58. The summed E-state index contributed by atoms with van der Waals surface area (Å²) < 4.78 is 12.7. The molecule has 112 valence electrons. The number of halogens is 1. The fourth-order valence-electron chi connectivity index (χ4n) is 2.47. The Bertz CT molecular complexity index is 669. The van der Waals surface area contributed by atoms with Gasteiger partial charge in [0.05, 0.1) is 22.5 Å².